The number of rotatable bonds is 2. The van der Waals surface area contributed by atoms with Crippen molar-refractivity contribution in [1.82, 2.24) is 5.32 Å². The second kappa shape index (κ2) is 4.07. The average molecular weight is 187 g/mol. The summed E-state index contributed by atoms with van der Waals surface area (Å²) in [5.41, 5.74) is 0.0205. The second-order valence-corrected chi connectivity index (χ2v) is 3.98. The zero-order chi connectivity index (χ0) is 9.90. The maximum Gasteiger partial charge on any atom is 0.308 e. The standard InChI is InChI=1S/C9H17NO3/c1-9(2)6-13-7(5-10-9)4-8(11)12-3/h7,10H,4-6H2,1-3H3/t7-/m0/s1. The Kier molecular flexibility index (Phi) is 3.27. The van der Waals surface area contributed by atoms with Crippen molar-refractivity contribution in [1.29, 1.82) is 0 Å². The summed E-state index contributed by atoms with van der Waals surface area (Å²) >= 11 is 0. The van der Waals surface area contributed by atoms with E-state index in [2.05, 4.69) is 23.9 Å². The number of ether oxygens (including phenoxy) is 2. The van der Waals surface area contributed by atoms with Gasteiger partial charge in [-0.25, -0.2) is 0 Å². The van der Waals surface area contributed by atoms with Crippen molar-refractivity contribution in [3.8, 4) is 0 Å². The molecule has 0 aromatic carbocycles. The number of nitrogens with one attached hydrogen (secondary N) is 1. The topological polar surface area (TPSA) is 47.6 Å². The third-order valence-corrected chi connectivity index (χ3v) is 2.11. The third-order valence-electron chi connectivity index (χ3n) is 2.11. The summed E-state index contributed by atoms with van der Waals surface area (Å²) in [6.07, 6.45) is 0.292. The van der Waals surface area contributed by atoms with Gasteiger partial charge in [-0.2, -0.15) is 0 Å². The van der Waals surface area contributed by atoms with Gasteiger partial charge < -0.3 is 14.8 Å². The van der Waals surface area contributed by atoms with Gasteiger partial charge in [0.25, 0.3) is 0 Å². The lowest BCUT2D eigenvalue weighted by Gasteiger charge is -2.35. The average Bonchev–Trinajstić information content (AvgIpc) is 2.08. The van der Waals surface area contributed by atoms with Crippen molar-refractivity contribution in [2.24, 2.45) is 0 Å². The molecule has 76 valence electrons. The minimum absolute atomic E-state index is 0.0205. The molecule has 13 heavy (non-hydrogen) atoms. The van der Waals surface area contributed by atoms with Crippen LogP contribution in [0.3, 0.4) is 0 Å². The van der Waals surface area contributed by atoms with E-state index in [-0.39, 0.29) is 17.6 Å². The van der Waals surface area contributed by atoms with Gasteiger partial charge in [0.05, 0.1) is 26.2 Å². The lowest BCUT2D eigenvalue weighted by atomic mass is 10.0. The van der Waals surface area contributed by atoms with Crippen LogP contribution in [0.1, 0.15) is 20.3 Å². The Hall–Kier alpha value is -0.610. The van der Waals surface area contributed by atoms with E-state index in [0.717, 1.165) is 0 Å². The first kappa shape index (κ1) is 10.5. The van der Waals surface area contributed by atoms with Gasteiger partial charge in [-0.05, 0) is 13.8 Å². The molecule has 1 fully saturated rings. The van der Waals surface area contributed by atoms with Gasteiger partial charge in [-0.3, -0.25) is 4.79 Å². The van der Waals surface area contributed by atoms with Gasteiger partial charge in [-0.15, -0.1) is 0 Å². The largest absolute Gasteiger partial charge is 0.469 e. The predicted octanol–water partition coefficient (Wildman–Crippen LogP) is 0.316. The highest BCUT2D eigenvalue weighted by Crippen LogP contribution is 2.13. The summed E-state index contributed by atoms with van der Waals surface area (Å²) in [5.74, 6) is -0.216. The van der Waals surface area contributed by atoms with E-state index in [1.165, 1.54) is 7.11 Å². The van der Waals surface area contributed by atoms with Gasteiger partial charge >= 0.3 is 5.97 Å². The molecular weight excluding hydrogens is 170 g/mol. The molecule has 0 amide bonds. The van der Waals surface area contributed by atoms with Crippen molar-refractivity contribution in [3.63, 3.8) is 0 Å². The second-order valence-electron chi connectivity index (χ2n) is 3.98. The fourth-order valence-electron chi connectivity index (χ4n) is 1.23. The molecule has 0 radical (unpaired) electrons. The molecule has 0 unspecified atom stereocenters. The fraction of sp³-hybridized carbons (Fsp3) is 0.889. The van der Waals surface area contributed by atoms with Gasteiger partial charge in [0, 0.05) is 12.1 Å². The van der Waals surface area contributed by atoms with Crippen LogP contribution in [0.2, 0.25) is 0 Å². The van der Waals surface area contributed by atoms with E-state index in [0.29, 0.717) is 19.6 Å². The fourth-order valence-corrected chi connectivity index (χ4v) is 1.23. The van der Waals surface area contributed by atoms with Gasteiger partial charge in [0.1, 0.15) is 0 Å². The van der Waals surface area contributed by atoms with E-state index < -0.39 is 0 Å². The van der Waals surface area contributed by atoms with E-state index >= 15 is 0 Å². The Morgan fingerprint density at radius 1 is 1.69 bits per heavy atom. The predicted molar refractivity (Wildman–Crippen MR) is 48.5 cm³/mol. The lowest BCUT2D eigenvalue weighted by Crippen LogP contribution is -2.53. The maximum atomic E-state index is 10.9. The number of hydrogen-bond donors (Lipinski definition) is 1. The Morgan fingerprint density at radius 3 is 2.85 bits per heavy atom. The highest BCUT2D eigenvalue weighted by Gasteiger charge is 2.27. The minimum Gasteiger partial charge on any atom is -0.469 e. The molecule has 4 nitrogen and oxygen atoms in total. The molecule has 1 aliphatic rings. The van der Waals surface area contributed by atoms with Crippen LogP contribution >= 0.6 is 0 Å². The number of hydrogen-bond acceptors (Lipinski definition) is 4. The van der Waals surface area contributed by atoms with Crippen LogP contribution in [0.15, 0.2) is 0 Å². The molecule has 1 saturated heterocycles. The van der Waals surface area contributed by atoms with Crippen molar-refractivity contribution in [3.05, 3.63) is 0 Å². The van der Waals surface area contributed by atoms with E-state index in [1.54, 1.807) is 0 Å². The van der Waals surface area contributed by atoms with Crippen molar-refractivity contribution in [2.45, 2.75) is 31.9 Å². The molecule has 0 aliphatic carbocycles. The molecule has 0 spiro atoms. The van der Waals surface area contributed by atoms with E-state index in [9.17, 15) is 4.79 Å². The Bertz CT molecular complexity index is 181. The van der Waals surface area contributed by atoms with Gasteiger partial charge in [0.2, 0.25) is 0 Å². The quantitative estimate of drug-likeness (QED) is 0.632. The monoisotopic (exact) mass is 187 g/mol. The smallest absolute Gasteiger partial charge is 0.308 e. The Morgan fingerprint density at radius 2 is 2.38 bits per heavy atom. The first-order valence-corrected chi connectivity index (χ1v) is 4.47. The Labute approximate surface area is 78.6 Å². The molecule has 4 heteroatoms. The summed E-state index contributed by atoms with van der Waals surface area (Å²) in [6, 6.07) is 0. The number of methoxy groups -OCH3 is 1. The summed E-state index contributed by atoms with van der Waals surface area (Å²) in [6.45, 7) is 5.49. The summed E-state index contributed by atoms with van der Waals surface area (Å²) in [5, 5.41) is 3.31. The van der Waals surface area contributed by atoms with Crippen molar-refractivity contribution < 1.29 is 14.3 Å². The highest BCUT2D eigenvalue weighted by molar-refractivity contribution is 5.69. The summed E-state index contributed by atoms with van der Waals surface area (Å²) < 4.78 is 10.1. The molecule has 1 aliphatic heterocycles. The summed E-state index contributed by atoms with van der Waals surface area (Å²) in [4.78, 5) is 10.9. The first-order valence-electron chi connectivity index (χ1n) is 4.47. The van der Waals surface area contributed by atoms with Crippen molar-refractivity contribution in [2.75, 3.05) is 20.3 Å². The minimum atomic E-state index is -0.216. The molecule has 0 aromatic rings. The number of carbonyl (C=O) groups excluding carboxylic acids is 1. The van der Waals surface area contributed by atoms with Crippen LogP contribution in [-0.2, 0) is 14.3 Å². The summed E-state index contributed by atoms with van der Waals surface area (Å²) in [7, 11) is 1.39. The molecule has 0 saturated carbocycles. The third kappa shape index (κ3) is 3.32. The molecule has 1 N–H and O–H groups in total. The molecule has 0 bridgehead atoms. The molecular formula is C9H17NO3. The van der Waals surface area contributed by atoms with E-state index in [1.807, 2.05) is 0 Å². The zero-order valence-electron chi connectivity index (χ0n) is 8.42. The molecule has 1 heterocycles. The molecule has 0 aromatic heterocycles. The molecule has 1 rings (SSSR count). The van der Waals surface area contributed by atoms with Crippen molar-refractivity contribution >= 4 is 5.97 Å². The first-order chi connectivity index (χ1) is 6.03. The normalized spacial score (nSPS) is 26.8. The number of carbonyl (C=O) groups is 1. The van der Waals surface area contributed by atoms with Crippen LogP contribution in [0.5, 0.6) is 0 Å². The maximum absolute atomic E-state index is 10.9. The molecule has 1 atom stereocenters. The number of esters is 1. The van der Waals surface area contributed by atoms with Crippen LogP contribution in [0.4, 0.5) is 0 Å². The zero-order valence-corrected chi connectivity index (χ0v) is 8.42. The van der Waals surface area contributed by atoms with Crippen LogP contribution in [0, 0.1) is 0 Å². The Balaban J connectivity index is 2.29. The van der Waals surface area contributed by atoms with Gasteiger partial charge in [-0.1, -0.05) is 0 Å². The van der Waals surface area contributed by atoms with E-state index in [4.69, 9.17) is 4.74 Å². The van der Waals surface area contributed by atoms with Crippen LogP contribution in [0.25, 0.3) is 0 Å². The van der Waals surface area contributed by atoms with Gasteiger partial charge in [0.15, 0.2) is 0 Å². The lowest BCUT2D eigenvalue weighted by molar-refractivity contribution is -0.145. The van der Waals surface area contributed by atoms with Crippen LogP contribution < -0.4 is 5.32 Å². The number of morpholine rings is 1. The van der Waals surface area contributed by atoms with Crippen LogP contribution in [-0.4, -0.2) is 37.9 Å². The SMILES string of the molecule is COC(=O)C[C@H]1CNC(C)(C)CO1. The highest BCUT2D eigenvalue weighted by atomic mass is 16.5.